The molecule has 0 heterocycles. The Bertz CT molecular complexity index is 240. The van der Waals surface area contributed by atoms with E-state index in [4.69, 9.17) is 16.7 Å². The van der Waals surface area contributed by atoms with Crippen LogP contribution in [0.2, 0.25) is 5.02 Å². The average molecular weight is 204 g/mol. The van der Waals surface area contributed by atoms with Crippen LogP contribution in [0.1, 0.15) is 0 Å². The highest BCUT2D eigenvalue weighted by Gasteiger charge is 1.87. The van der Waals surface area contributed by atoms with Crippen LogP contribution in [0.25, 0.3) is 0 Å². The van der Waals surface area contributed by atoms with Gasteiger partial charge in [0.2, 0.25) is 6.54 Å². The zero-order chi connectivity index (χ0) is 10.1. The van der Waals surface area contributed by atoms with Crippen LogP contribution in [0.15, 0.2) is 30.3 Å². The summed E-state index contributed by atoms with van der Waals surface area (Å²) in [5.74, 6) is 0. The molecule has 0 saturated heterocycles. The summed E-state index contributed by atoms with van der Waals surface area (Å²) in [6, 6.07) is 9.44. The Labute approximate surface area is 80.9 Å². The van der Waals surface area contributed by atoms with Crippen molar-refractivity contribution in [1.29, 1.82) is 0 Å². The highest BCUT2D eigenvalue weighted by Crippen LogP contribution is 2.03. The van der Waals surface area contributed by atoms with Crippen LogP contribution in [-0.2, 0) is 0 Å². The van der Waals surface area contributed by atoms with Gasteiger partial charge in [0.15, 0.2) is 0 Å². The van der Waals surface area contributed by atoms with Crippen molar-refractivity contribution in [2.75, 3.05) is 13.2 Å². The van der Waals surface area contributed by atoms with Gasteiger partial charge in [-0.3, -0.25) is 10.1 Å². The Morgan fingerprint density at radius 3 is 2.08 bits per heavy atom. The number of rotatable bonds is 2. The van der Waals surface area contributed by atoms with Crippen molar-refractivity contribution in [2.24, 2.45) is 0 Å². The van der Waals surface area contributed by atoms with Crippen LogP contribution in [-0.4, -0.2) is 23.2 Å². The Morgan fingerprint density at radius 2 is 1.92 bits per heavy atom. The van der Waals surface area contributed by atoms with Crippen LogP contribution in [0.3, 0.4) is 0 Å². The van der Waals surface area contributed by atoms with Crippen molar-refractivity contribution in [3.63, 3.8) is 0 Å². The highest BCUT2D eigenvalue weighted by molar-refractivity contribution is 6.30. The number of nitro groups is 1. The van der Waals surface area contributed by atoms with Crippen LogP contribution >= 0.6 is 11.6 Å². The lowest BCUT2D eigenvalue weighted by molar-refractivity contribution is -0.482. The average Bonchev–Trinajstić information content (AvgIpc) is 2.06. The molecule has 0 unspecified atom stereocenters. The number of aliphatic hydroxyl groups is 1. The van der Waals surface area contributed by atoms with E-state index in [9.17, 15) is 10.1 Å². The van der Waals surface area contributed by atoms with Gasteiger partial charge in [-0.05, 0) is 12.1 Å². The van der Waals surface area contributed by atoms with Crippen molar-refractivity contribution in [3.05, 3.63) is 45.5 Å². The molecule has 5 heteroatoms. The van der Waals surface area contributed by atoms with Crippen molar-refractivity contribution in [3.8, 4) is 0 Å². The lowest BCUT2D eigenvalue weighted by Crippen LogP contribution is -2.03. The largest absolute Gasteiger partial charge is 0.390 e. The molecular formula is C8H10ClNO3. The van der Waals surface area contributed by atoms with Crippen molar-refractivity contribution < 1.29 is 10.0 Å². The van der Waals surface area contributed by atoms with Crippen molar-refractivity contribution in [1.82, 2.24) is 0 Å². The van der Waals surface area contributed by atoms with Crippen LogP contribution in [0.4, 0.5) is 0 Å². The highest BCUT2D eigenvalue weighted by atomic mass is 35.5. The van der Waals surface area contributed by atoms with Gasteiger partial charge in [-0.2, -0.15) is 0 Å². The van der Waals surface area contributed by atoms with Crippen molar-refractivity contribution in [2.45, 2.75) is 0 Å². The first-order valence-electron chi connectivity index (χ1n) is 3.60. The van der Waals surface area contributed by atoms with E-state index >= 15 is 0 Å². The van der Waals surface area contributed by atoms with Crippen LogP contribution < -0.4 is 0 Å². The predicted molar refractivity (Wildman–Crippen MR) is 50.4 cm³/mol. The summed E-state index contributed by atoms with van der Waals surface area (Å²) in [5.41, 5.74) is 0. The van der Waals surface area contributed by atoms with E-state index in [2.05, 4.69) is 0 Å². The Balaban J connectivity index is 0.000000226. The summed E-state index contributed by atoms with van der Waals surface area (Å²) in [6.07, 6.45) is 0. The standard InChI is InChI=1S/C6H5Cl.C2H5NO3/c7-6-4-2-1-3-5-6;4-2-1-3(5)6/h1-5H;4H,1-2H2. The summed E-state index contributed by atoms with van der Waals surface area (Å²) in [7, 11) is 0. The number of hydrogen-bond donors (Lipinski definition) is 1. The number of benzene rings is 1. The van der Waals surface area contributed by atoms with Crippen LogP contribution in [0.5, 0.6) is 0 Å². The first-order chi connectivity index (χ1) is 6.16. The van der Waals surface area contributed by atoms with E-state index in [1.54, 1.807) is 0 Å². The van der Waals surface area contributed by atoms with Gasteiger partial charge in [-0.15, -0.1) is 0 Å². The Hall–Kier alpha value is -1.13. The van der Waals surface area contributed by atoms with E-state index in [1.165, 1.54) is 0 Å². The fourth-order valence-electron chi connectivity index (χ4n) is 0.496. The number of nitrogens with zero attached hydrogens (tertiary/aromatic N) is 1. The minimum atomic E-state index is -0.569. The van der Waals surface area contributed by atoms with Gasteiger partial charge >= 0.3 is 0 Å². The van der Waals surface area contributed by atoms with E-state index < -0.39 is 4.92 Å². The van der Waals surface area contributed by atoms with E-state index in [0.717, 1.165) is 5.02 Å². The molecule has 1 rings (SSSR count). The minimum Gasteiger partial charge on any atom is -0.390 e. The second-order valence-electron chi connectivity index (χ2n) is 2.08. The smallest absolute Gasteiger partial charge is 0.226 e. The van der Waals surface area contributed by atoms with E-state index in [1.807, 2.05) is 30.3 Å². The molecule has 0 aliphatic heterocycles. The summed E-state index contributed by atoms with van der Waals surface area (Å²) >= 11 is 5.54. The Morgan fingerprint density at radius 1 is 1.38 bits per heavy atom. The summed E-state index contributed by atoms with van der Waals surface area (Å²) in [6.45, 7) is -0.715. The second kappa shape index (κ2) is 7.52. The van der Waals surface area contributed by atoms with Gasteiger partial charge in [0.25, 0.3) is 0 Å². The summed E-state index contributed by atoms with van der Waals surface area (Å²) in [5, 5.41) is 17.8. The number of hydrogen-bond acceptors (Lipinski definition) is 3. The monoisotopic (exact) mass is 203 g/mol. The van der Waals surface area contributed by atoms with Crippen molar-refractivity contribution >= 4 is 11.6 Å². The van der Waals surface area contributed by atoms with Gasteiger partial charge in [-0.1, -0.05) is 29.8 Å². The number of halogens is 1. The maximum Gasteiger partial charge on any atom is 0.226 e. The molecule has 0 atom stereocenters. The molecule has 0 spiro atoms. The molecule has 0 bridgehead atoms. The summed E-state index contributed by atoms with van der Waals surface area (Å²) < 4.78 is 0. The molecule has 1 aromatic carbocycles. The van der Waals surface area contributed by atoms with Gasteiger partial charge in [0.05, 0.1) is 0 Å². The zero-order valence-corrected chi connectivity index (χ0v) is 7.65. The van der Waals surface area contributed by atoms with Gasteiger partial charge in [0.1, 0.15) is 6.61 Å². The first-order valence-corrected chi connectivity index (χ1v) is 3.98. The Kier molecular flexibility index (Phi) is 6.86. The zero-order valence-electron chi connectivity index (χ0n) is 6.89. The summed E-state index contributed by atoms with van der Waals surface area (Å²) in [4.78, 5) is 8.68. The molecule has 0 aliphatic carbocycles. The third-order valence-corrected chi connectivity index (χ3v) is 1.27. The second-order valence-corrected chi connectivity index (χ2v) is 2.51. The molecule has 0 aliphatic rings. The lowest BCUT2D eigenvalue weighted by Gasteiger charge is -1.80. The molecule has 0 aromatic heterocycles. The van der Waals surface area contributed by atoms with Gasteiger partial charge < -0.3 is 5.11 Å². The van der Waals surface area contributed by atoms with E-state index in [-0.39, 0.29) is 13.2 Å². The maximum absolute atomic E-state index is 9.24. The lowest BCUT2D eigenvalue weighted by atomic mass is 10.4. The molecule has 0 saturated carbocycles. The van der Waals surface area contributed by atoms with Gasteiger partial charge in [-0.25, -0.2) is 0 Å². The molecular weight excluding hydrogens is 194 g/mol. The molecule has 1 aromatic rings. The fourth-order valence-corrected chi connectivity index (χ4v) is 0.642. The maximum atomic E-state index is 9.24. The molecule has 4 nitrogen and oxygen atoms in total. The normalized spacial score (nSPS) is 8.46. The van der Waals surface area contributed by atoms with Crippen LogP contribution in [0, 0.1) is 10.1 Å². The molecule has 0 amide bonds. The first kappa shape index (κ1) is 11.9. The van der Waals surface area contributed by atoms with Gasteiger partial charge in [0, 0.05) is 9.95 Å². The molecule has 0 radical (unpaired) electrons. The topological polar surface area (TPSA) is 63.4 Å². The fraction of sp³-hybridized carbons (Fsp3) is 0.250. The molecule has 13 heavy (non-hydrogen) atoms. The van der Waals surface area contributed by atoms with E-state index in [0.29, 0.717) is 0 Å². The molecule has 72 valence electrons. The molecule has 0 fully saturated rings. The SMILES string of the molecule is Clc1ccccc1.O=[N+]([O-])CCO. The predicted octanol–water partition coefficient (Wildman–Crippen LogP) is 1.60. The number of aliphatic hydroxyl groups excluding tert-OH is 1. The third-order valence-electron chi connectivity index (χ3n) is 1.02. The third kappa shape index (κ3) is 8.78. The quantitative estimate of drug-likeness (QED) is 0.587. The minimum absolute atomic E-state index is 0.347. The molecule has 1 N–H and O–H groups in total.